The summed E-state index contributed by atoms with van der Waals surface area (Å²) >= 11 is 1.85. The van der Waals surface area contributed by atoms with E-state index in [0.717, 1.165) is 39.3 Å². The molecule has 0 amide bonds. The predicted octanol–water partition coefficient (Wildman–Crippen LogP) is 2.09. The Morgan fingerprint density at radius 3 is 2.53 bits per heavy atom. The van der Waals surface area contributed by atoms with Gasteiger partial charge >= 0.3 is 0 Å². The van der Waals surface area contributed by atoms with Crippen molar-refractivity contribution in [3.8, 4) is 0 Å². The number of aryl methyl sites for hydroxylation is 1. The number of hydrogen-bond acceptors (Lipinski definition) is 5. The topological polar surface area (TPSA) is 31.4 Å². The normalized spacial score (nSPS) is 17.4. The standard InChI is InChI=1S/C14H26N4S/c1-5-17-6-8-18(9-7-17)14-16-12(4)13(19-14)10-15-11(2)3/h11,15H,5-10H2,1-4H3. The van der Waals surface area contributed by atoms with Gasteiger partial charge in [-0.05, 0) is 13.5 Å². The summed E-state index contributed by atoms with van der Waals surface area (Å²) in [5.41, 5.74) is 1.19. The van der Waals surface area contributed by atoms with Crippen LogP contribution < -0.4 is 10.2 Å². The third-order valence-electron chi connectivity index (χ3n) is 3.64. The Hall–Kier alpha value is -0.650. The zero-order chi connectivity index (χ0) is 13.8. The van der Waals surface area contributed by atoms with Crippen LogP contribution in [0.5, 0.6) is 0 Å². The molecule has 4 nitrogen and oxygen atoms in total. The lowest BCUT2D eigenvalue weighted by molar-refractivity contribution is 0.271. The molecule has 1 aliphatic rings. The Morgan fingerprint density at radius 2 is 1.95 bits per heavy atom. The van der Waals surface area contributed by atoms with Crippen molar-refractivity contribution in [3.05, 3.63) is 10.6 Å². The molecule has 0 atom stereocenters. The van der Waals surface area contributed by atoms with E-state index in [4.69, 9.17) is 4.98 Å². The molecule has 1 aromatic heterocycles. The first kappa shape index (κ1) is 14.8. The number of nitrogens with one attached hydrogen (secondary N) is 1. The third kappa shape index (κ3) is 3.91. The summed E-state index contributed by atoms with van der Waals surface area (Å²) in [5.74, 6) is 0. The SMILES string of the molecule is CCN1CCN(c2nc(C)c(CNC(C)C)s2)CC1. The summed E-state index contributed by atoms with van der Waals surface area (Å²) in [6, 6.07) is 0.526. The molecule has 1 saturated heterocycles. The molecular formula is C14H26N4S. The molecule has 1 aromatic rings. The molecule has 5 heteroatoms. The van der Waals surface area contributed by atoms with E-state index in [1.165, 1.54) is 15.7 Å². The second kappa shape index (κ2) is 6.68. The minimum absolute atomic E-state index is 0.526. The van der Waals surface area contributed by atoms with Crippen LogP contribution >= 0.6 is 11.3 Å². The van der Waals surface area contributed by atoms with E-state index < -0.39 is 0 Å². The Balaban J connectivity index is 1.96. The quantitative estimate of drug-likeness (QED) is 0.896. The van der Waals surface area contributed by atoms with Gasteiger partial charge in [-0.25, -0.2) is 4.98 Å². The van der Waals surface area contributed by atoms with Crippen molar-refractivity contribution >= 4 is 16.5 Å². The third-order valence-corrected chi connectivity index (χ3v) is 4.86. The van der Waals surface area contributed by atoms with Crippen LogP contribution in [0.15, 0.2) is 0 Å². The minimum Gasteiger partial charge on any atom is -0.346 e. The van der Waals surface area contributed by atoms with Crippen LogP contribution in [0, 0.1) is 6.92 Å². The number of nitrogens with zero attached hydrogens (tertiary/aromatic N) is 3. The van der Waals surface area contributed by atoms with Crippen molar-refractivity contribution < 1.29 is 0 Å². The Labute approximate surface area is 120 Å². The van der Waals surface area contributed by atoms with Crippen LogP contribution in [0.3, 0.4) is 0 Å². The van der Waals surface area contributed by atoms with Gasteiger partial charge in [-0.15, -0.1) is 11.3 Å². The average Bonchev–Trinajstić information content (AvgIpc) is 2.78. The summed E-state index contributed by atoms with van der Waals surface area (Å²) < 4.78 is 0. The summed E-state index contributed by atoms with van der Waals surface area (Å²) in [5, 5.41) is 4.68. The fourth-order valence-corrected chi connectivity index (χ4v) is 3.33. The van der Waals surface area contributed by atoms with Crippen LogP contribution in [-0.2, 0) is 6.54 Å². The number of aromatic nitrogens is 1. The van der Waals surface area contributed by atoms with Crippen LogP contribution in [0.25, 0.3) is 0 Å². The molecule has 0 unspecified atom stereocenters. The van der Waals surface area contributed by atoms with E-state index in [2.05, 4.69) is 42.8 Å². The highest BCUT2D eigenvalue weighted by atomic mass is 32.1. The van der Waals surface area contributed by atoms with Crippen molar-refractivity contribution in [2.75, 3.05) is 37.6 Å². The highest BCUT2D eigenvalue weighted by molar-refractivity contribution is 7.15. The molecule has 0 saturated carbocycles. The smallest absolute Gasteiger partial charge is 0.185 e. The molecule has 0 aliphatic carbocycles. The second-order valence-corrected chi connectivity index (χ2v) is 6.52. The molecule has 0 aromatic carbocycles. The molecule has 1 fully saturated rings. The summed E-state index contributed by atoms with van der Waals surface area (Å²) in [6.45, 7) is 15.4. The van der Waals surface area contributed by atoms with Gasteiger partial charge in [0.1, 0.15) is 0 Å². The zero-order valence-electron chi connectivity index (χ0n) is 12.6. The van der Waals surface area contributed by atoms with Gasteiger partial charge in [0.05, 0.1) is 5.69 Å². The van der Waals surface area contributed by atoms with Gasteiger partial charge in [-0.1, -0.05) is 20.8 Å². The molecule has 108 valence electrons. The number of piperazine rings is 1. The Kier molecular flexibility index (Phi) is 5.19. The lowest BCUT2D eigenvalue weighted by Gasteiger charge is -2.33. The minimum atomic E-state index is 0.526. The highest BCUT2D eigenvalue weighted by Gasteiger charge is 2.19. The largest absolute Gasteiger partial charge is 0.346 e. The van der Waals surface area contributed by atoms with Gasteiger partial charge in [0.25, 0.3) is 0 Å². The number of anilines is 1. The van der Waals surface area contributed by atoms with Gasteiger partial charge < -0.3 is 15.1 Å². The predicted molar refractivity (Wildman–Crippen MR) is 83.2 cm³/mol. The maximum atomic E-state index is 4.75. The molecule has 1 N–H and O–H groups in total. The summed E-state index contributed by atoms with van der Waals surface area (Å²) in [7, 11) is 0. The Morgan fingerprint density at radius 1 is 1.26 bits per heavy atom. The van der Waals surface area contributed by atoms with Crippen LogP contribution in [-0.4, -0.2) is 48.6 Å². The first-order valence-corrected chi connectivity index (χ1v) is 8.08. The lowest BCUT2D eigenvalue weighted by Crippen LogP contribution is -2.46. The molecule has 19 heavy (non-hydrogen) atoms. The Bertz CT molecular complexity index is 394. The van der Waals surface area contributed by atoms with Crippen molar-refractivity contribution in [3.63, 3.8) is 0 Å². The zero-order valence-corrected chi connectivity index (χ0v) is 13.4. The van der Waals surface area contributed by atoms with Gasteiger partial charge in [-0.3, -0.25) is 0 Å². The average molecular weight is 282 g/mol. The first-order chi connectivity index (χ1) is 9.10. The van der Waals surface area contributed by atoms with Crippen molar-refractivity contribution in [1.29, 1.82) is 0 Å². The maximum absolute atomic E-state index is 4.75. The lowest BCUT2D eigenvalue weighted by atomic mass is 10.3. The molecule has 2 rings (SSSR count). The van der Waals surface area contributed by atoms with E-state index in [1.807, 2.05) is 11.3 Å². The molecule has 2 heterocycles. The van der Waals surface area contributed by atoms with Gasteiger partial charge in [0.2, 0.25) is 0 Å². The van der Waals surface area contributed by atoms with Crippen molar-refractivity contribution in [2.45, 2.75) is 40.3 Å². The van der Waals surface area contributed by atoms with Crippen molar-refractivity contribution in [2.24, 2.45) is 0 Å². The summed E-state index contributed by atoms with van der Waals surface area (Å²) in [4.78, 5) is 11.1. The van der Waals surface area contributed by atoms with Crippen molar-refractivity contribution in [1.82, 2.24) is 15.2 Å². The molecule has 0 bridgehead atoms. The van der Waals surface area contributed by atoms with Gasteiger partial charge in [-0.2, -0.15) is 0 Å². The molecule has 1 aliphatic heterocycles. The van der Waals surface area contributed by atoms with E-state index >= 15 is 0 Å². The molecular weight excluding hydrogens is 256 g/mol. The van der Waals surface area contributed by atoms with E-state index in [-0.39, 0.29) is 0 Å². The summed E-state index contributed by atoms with van der Waals surface area (Å²) in [6.07, 6.45) is 0. The van der Waals surface area contributed by atoms with E-state index in [1.54, 1.807) is 0 Å². The van der Waals surface area contributed by atoms with Crippen LogP contribution in [0.1, 0.15) is 31.3 Å². The number of thiazole rings is 1. The van der Waals surface area contributed by atoms with E-state index in [0.29, 0.717) is 6.04 Å². The van der Waals surface area contributed by atoms with E-state index in [9.17, 15) is 0 Å². The fourth-order valence-electron chi connectivity index (χ4n) is 2.26. The van der Waals surface area contributed by atoms with Crippen LogP contribution in [0.2, 0.25) is 0 Å². The number of likely N-dealkylation sites (N-methyl/N-ethyl adjacent to an activating group) is 1. The monoisotopic (exact) mass is 282 g/mol. The van der Waals surface area contributed by atoms with Gasteiger partial charge in [0.15, 0.2) is 5.13 Å². The highest BCUT2D eigenvalue weighted by Crippen LogP contribution is 2.26. The first-order valence-electron chi connectivity index (χ1n) is 7.27. The van der Waals surface area contributed by atoms with Gasteiger partial charge in [0, 0.05) is 43.6 Å². The molecule has 0 radical (unpaired) electrons. The molecule has 0 spiro atoms. The second-order valence-electron chi connectivity index (χ2n) is 5.46. The number of rotatable bonds is 5. The maximum Gasteiger partial charge on any atom is 0.185 e. The fraction of sp³-hybridized carbons (Fsp3) is 0.786. The van der Waals surface area contributed by atoms with Crippen LogP contribution in [0.4, 0.5) is 5.13 Å². The number of hydrogen-bond donors (Lipinski definition) is 1.